The molecule has 3 aliphatic carbocycles. The zero-order valence-electron chi connectivity index (χ0n) is 63.7. The van der Waals surface area contributed by atoms with Crippen LogP contribution in [0.4, 0.5) is 44.1 Å². The minimum Gasteiger partial charge on any atom is -0.447 e. The number of benzene rings is 4. The van der Waals surface area contributed by atoms with Gasteiger partial charge in [0, 0.05) is 77.0 Å². The van der Waals surface area contributed by atoms with Gasteiger partial charge in [0.1, 0.15) is 8.79 Å². The molecule has 3 aromatic heterocycles. The van der Waals surface area contributed by atoms with Crippen molar-refractivity contribution in [2.24, 2.45) is 0 Å². The van der Waals surface area contributed by atoms with E-state index in [1.165, 1.54) is 34.5 Å². The number of amides is 7. The van der Waals surface area contributed by atoms with Gasteiger partial charge in [-0.25, -0.2) is 65.2 Å². The van der Waals surface area contributed by atoms with E-state index in [9.17, 15) is 45.2 Å². The molecule has 0 atom stereocenters. The molecule has 4 aromatic carbocycles. The Morgan fingerprint density at radius 2 is 0.881 bits per heavy atom. The number of anilines is 2. The van der Waals surface area contributed by atoms with E-state index in [-0.39, 0.29) is 87.0 Å². The van der Waals surface area contributed by atoms with Crippen LogP contribution in [0.25, 0.3) is 10.4 Å². The lowest BCUT2D eigenvalue weighted by Crippen LogP contribution is -2.40. The molecule has 0 spiro atoms. The van der Waals surface area contributed by atoms with Crippen LogP contribution in [0.1, 0.15) is 210 Å². The number of nitrogens with one attached hydrogen (secondary N) is 9. The number of hydrogen-bond donors (Lipinski definition) is 9. The summed E-state index contributed by atoms with van der Waals surface area (Å²) < 4.78 is 103. The van der Waals surface area contributed by atoms with Crippen molar-refractivity contribution in [3.05, 3.63) is 154 Å². The number of carbonyl (C=O) groups excluding carboxylic acids is 5. The molecule has 10 rings (SSSR count). The minimum atomic E-state index is -4.13. The van der Waals surface area contributed by atoms with E-state index in [4.69, 9.17) is 14.2 Å². The molecule has 3 aliphatic rings. The molecule has 3 saturated carbocycles. The average Bonchev–Trinajstić information content (AvgIpc) is 1.72. The van der Waals surface area contributed by atoms with Crippen LogP contribution in [0.5, 0.6) is 0 Å². The summed E-state index contributed by atoms with van der Waals surface area (Å²) in [6, 6.07) is 27.5. The Balaban J connectivity index is 0.000000217. The number of thiazole rings is 3. The van der Waals surface area contributed by atoms with Gasteiger partial charge in [0.15, 0.2) is 0 Å². The third-order valence-electron chi connectivity index (χ3n) is 16.9. The van der Waals surface area contributed by atoms with E-state index in [0.29, 0.717) is 64.1 Å². The smallest absolute Gasteiger partial charge is 0.407 e. The number of aryl methyl sites for hydroxylation is 1. The van der Waals surface area contributed by atoms with E-state index in [0.717, 1.165) is 82.6 Å². The van der Waals surface area contributed by atoms with Gasteiger partial charge in [0.2, 0.25) is 31.9 Å². The number of rotatable bonds is 20. The number of aromatic nitrogens is 3. The van der Waals surface area contributed by atoms with E-state index in [2.05, 4.69) is 93.5 Å². The molecule has 7 aromatic rings. The normalized spacial score (nSPS) is 18.1. The third kappa shape index (κ3) is 30.4. The molecular formula is C76H102Br2F2N12O12S5. The highest BCUT2D eigenvalue weighted by molar-refractivity contribution is 9.11. The molecule has 0 radical (unpaired) electrons. The van der Waals surface area contributed by atoms with E-state index >= 15 is 4.39 Å². The SMILES string of the molecule is CC(C)OC(=O)NC1CCC(c2nc(F)c(-c3ccc(NC(=O)NCc4ccccc4)cc3S(=O)(=O)NC(C)(C)C)s2)CC1.CC(C)OC(=O)NC1CCC(c2nc(F)c(Br)s2)CC1.CC(C)OC(=O)NC1CCC(c2ncc(Br)s2)CC1.Cc1ccc(NC(=O)NCc2ccccc2)cc1S(=O)(=O)NC(C)(C)C. The first-order chi connectivity index (χ1) is 51.3. The largest absolute Gasteiger partial charge is 0.447 e. The molecule has 0 bridgehead atoms. The second-order valence-electron chi connectivity index (χ2n) is 29.7. The predicted molar refractivity (Wildman–Crippen MR) is 432 cm³/mol. The molecule has 33 heteroatoms. The number of halogens is 4. The van der Waals surface area contributed by atoms with Crippen LogP contribution in [0.2, 0.25) is 0 Å². The number of ether oxygens (including phenoxy) is 3. The van der Waals surface area contributed by atoms with Gasteiger partial charge in [0.25, 0.3) is 0 Å². The summed E-state index contributed by atoms with van der Waals surface area (Å²) in [5.74, 6) is -0.370. The van der Waals surface area contributed by atoms with Crippen LogP contribution in [0, 0.1) is 18.8 Å². The lowest BCUT2D eigenvalue weighted by atomic mass is 9.86. The molecule has 9 N–H and O–H groups in total. The molecule has 7 amide bonds. The molecule has 0 aliphatic heterocycles. The number of hydrogen-bond acceptors (Lipinski definition) is 18. The van der Waals surface area contributed by atoms with Gasteiger partial charge in [-0.15, -0.1) is 34.0 Å². The molecule has 596 valence electrons. The summed E-state index contributed by atoms with van der Waals surface area (Å²) in [6.07, 6.45) is 10.8. The van der Waals surface area contributed by atoms with Crippen LogP contribution in [0.3, 0.4) is 0 Å². The van der Waals surface area contributed by atoms with Gasteiger partial charge in [-0.2, -0.15) is 8.78 Å². The number of urea groups is 2. The Morgan fingerprint density at radius 1 is 0.505 bits per heavy atom. The molecule has 0 unspecified atom stereocenters. The topological polar surface area (TPSA) is 328 Å². The summed E-state index contributed by atoms with van der Waals surface area (Å²) in [6.45, 7) is 23.8. The highest BCUT2D eigenvalue weighted by Gasteiger charge is 2.33. The Labute approximate surface area is 668 Å². The highest BCUT2D eigenvalue weighted by atomic mass is 79.9. The van der Waals surface area contributed by atoms with Crippen molar-refractivity contribution >= 4 is 128 Å². The third-order valence-corrected chi connectivity index (χ3v) is 25.2. The monoisotopic (exact) mass is 1730 g/mol. The Hall–Kier alpha value is -7.24. The summed E-state index contributed by atoms with van der Waals surface area (Å²) in [5.41, 5.74) is 1.90. The number of sulfonamides is 2. The second-order valence-corrected chi connectivity index (χ2v) is 38.8. The van der Waals surface area contributed by atoms with Crippen LogP contribution in [-0.4, -0.2) is 110 Å². The van der Waals surface area contributed by atoms with Crippen molar-refractivity contribution < 1.29 is 63.8 Å². The molecule has 3 heterocycles. The first-order valence-electron chi connectivity index (χ1n) is 36.3. The maximum absolute atomic E-state index is 15.4. The highest BCUT2D eigenvalue weighted by Crippen LogP contribution is 2.43. The fourth-order valence-corrected chi connectivity index (χ4v) is 19.5. The molecular weight excluding hydrogens is 1630 g/mol. The van der Waals surface area contributed by atoms with Crippen molar-refractivity contribution in [1.82, 2.24) is 51.0 Å². The van der Waals surface area contributed by atoms with E-state index in [1.54, 1.807) is 91.8 Å². The van der Waals surface area contributed by atoms with Crippen molar-refractivity contribution in [3.63, 3.8) is 0 Å². The van der Waals surface area contributed by atoms with Gasteiger partial charge in [-0.05, 0) is 246 Å². The lowest BCUT2D eigenvalue weighted by Gasteiger charge is -2.27. The molecule has 3 fully saturated rings. The van der Waals surface area contributed by atoms with E-state index in [1.807, 2.05) is 94.6 Å². The number of carbonyl (C=O) groups is 5. The maximum atomic E-state index is 15.4. The van der Waals surface area contributed by atoms with Crippen molar-refractivity contribution in [2.75, 3.05) is 10.6 Å². The first kappa shape index (κ1) is 89.0. The van der Waals surface area contributed by atoms with Gasteiger partial charge in [-0.1, -0.05) is 66.7 Å². The fourth-order valence-electron chi connectivity index (χ4n) is 12.1. The van der Waals surface area contributed by atoms with Crippen LogP contribution >= 0.6 is 65.9 Å². The Kier molecular flexibility index (Phi) is 33.7. The predicted octanol–water partition coefficient (Wildman–Crippen LogP) is 18.2. The molecule has 109 heavy (non-hydrogen) atoms. The average molecular weight is 1730 g/mol. The van der Waals surface area contributed by atoms with Crippen molar-refractivity contribution in [2.45, 2.75) is 255 Å². The summed E-state index contributed by atoms with van der Waals surface area (Å²) in [7, 11) is -7.82. The zero-order chi connectivity index (χ0) is 80.0. The van der Waals surface area contributed by atoms with Gasteiger partial charge in [0.05, 0.1) is 53.0 Å². The van der Waals surface area contributed by atoms with Crippen molar-refractivity contribution in [1.29, 1.82) is 0 Å². The van der Waals surface area contributed by atoms with E-state index < -0.39 is 61.2 Å². The summed E-state index contributed by atoms with van der Waals surface area (Å²) in [4.78, 5) is 72.4. The van der Waals surface area contributed by atoms with Gasteiger partial charge >= 0.3 is 30.3 Å². The summed E-state index contributed by atoms with van der Waals surface area (Å²) >= 11 is 10.8. The zero-order valence-corrected chi connectivity index (χ0v) is 71.0. The number of alkyl carbamates (subject to hydrolysis) is 3. The van der Waals surface area contributed by atoms with Crippen molar-refractivity contribution in [3.8, 4) is 10.4 Å². The van der Waals surface area contributed by atoms with Gasteiger partial charge < -0.3 is 51.4 Å². The lowest BCUT2D eigenvalue weighted by molar-refractivity contribution is 0.108. The Morgan fingerprint density at radius 3 is 1.26 bits per heavy atom. The van der Waals surface area contributed by atoms with Crippen LogP contribution in [0.15, 0.2) is 121 Å². The van der Waals surface area contributed by atoms with Crippen LogP contribution in [-0.2, 0) is 47.3 Å². The number of nitrogens with zero attached hydrogens (tertiary/aromatic N) is 3. The fraction of sp³-hybridized carbons (Fsp3) is 0.500. The van der Waals surface area contributed by atoms with Crippen LogP contribution < -0.4 is 46.7 Å². The second kappa shape index (κ2) is 41.3. The molecule has 24 nitrogen and oxygen atoms in total. The molecule has 0 saturated heterocycles. The summed E-state index contributed by atoms with van der Waals surface area (Å²) in [5, 5.41) is 22.2. The standard InChI is InChI=1S/C31H40FN5O5S2.C19H25N3O3S.C13H18BrFN2O2S.C13H19BrN2O2S/c1-19(2)42-30(39)35-22-13-11-21(12-14-22)28-36-27(32)26(43-28)24-16-15-23(17-25(24)44(40,41)37-31(3,4)5)34-29(38)33-18-20-9-7-6-8-10-20;1-14-10-11-16(12-17(14)26(24,25)22-19(2,3)4)21-18(23)20-13-15-8-6-5-7-9-15;1-7(2)19-13(18)16-9-5-3-8(4-6-9)12-17-11(15)10(14)20-12;1-8(2)18-13(17)16-10-5-3-9(4-6-10)12-15-7-11(14)19-12/h6-10,15-17,19,21-22,37H,11-14,18H2,1-5H3,(H,35,39)(H2,33,34,38);5-12,22H,13H2,1-4H3,(H2,20,21,23);7-9H,3-6H2,1-2H3,(H,16,18);7-10H,3-6H2,1-2H3,(H,16,17). The van der Waals surface area contributed by atoms with Gasteiger partial charge in [-0.3, -0.25) is 0 Å². The maximum Gasteiger partial charge on any atom is 0.407 e. The minimum absolute atomic E-state index is 0.0237. The quantitative estimate of drug-likeness (QED) is 0.0320. The Bertz CT molecular complexity index is 4350. The first-order valence-corrected chi connectivity index (χ1v) is 43.3.